The van der Waals surface area contributed by atoms with E-state index < -0.39 is 5.82 Å². The Morgan fingerprint density at radius 2 is 2.35 bits per heavy atom. The van der Waals surface area contributed by atoms with Gasteiger partial charge in [0.2, 0.25) is 0 Å². The van der Waals surface area contributed by atoms with Crippen LogP contribution < -0.4 is 5.73 Å². The molecule has 0 spiro atoms. The summed E-state index contributed by atoms with van der Waals surface area (Å²) in [7, 11) is 0. The van der Waals surface area contributed by atoms with Gasteiger partial charge in [-0.05, 0) is 37.1 Å². The number of amides is 1. The van der Waals surface area contributed by atoms with Crippen molar-refractivity contribution in [1.29, 1.82) is 0 Å². The van der Waals surface area contributed by atoms with Gasteiger partial charge in [0, 0.05) is 18.0 Å². The van der Waals surface area contributed by atoms with Gasteiger partial charge in [0.05, 0.1) is 5.56 Å². The lowest BCUT2D eigenvalue weighted by Gasteiger charge is -2.16. The molecule has 0 aliphatic carbocycles. The summed E-state index contributed by atoms with van der Waals surface area (Å²) < 4.78 is 13.5. The lowest BCUT2D eigenvalue weighted by molar-refractivity contribution is 0.0782. The van der Waals surface area contributed by atoms with Gasteiger partial charge in [0.15, 0.2) is 0 Å². The summed E-state index contributed by atoms with van der Waals surface area (Å²) in [5.74, 6) is -0.431. The highest BCUT2D eigenvalue weighted by atomic mass is 32.1. The maximum absolute atomic E-state index is 13.5. The van der Waals surface area contributed by atoms with Crippen LogP contribution in [0.4, 0.5) is 4.39 Å². The standard InChI is InChI=1S/C12H15FN2OS/c13-11-2-1-9(17)5-10(11)12(16)15-4-3-8(6-14)7-15/h1-2,5,8,17H,3-4,6-7,14H2. The molecule has 3 nitrogen and oxygen atoms in total. The third-order valence-electron chi connectivity index (χ3n) is 3.09. The highest BCUT2D eigenvalue weighted by molar-refractivity contribution is 7.80. The van der Waals surface area contributed by atoms with E-state index in [0.717, 1.165) is 6.42 Å². The van der Waals surface area contributed by atoms with E-state index in [1.165, 1.54) is 18.2 Å². The minimum absolute atomic E-state index is 0.0928. The van der Waals surface area contributed by atoms with Crippen LogP contribution >= 0.6 is 12.6 Å². The molecule has 1 aliphatic heterocycles. The van der Waals surface area contributed by atoms with Gasteiger partial charge in [-0.3, -0.25) is 4.79 Å². The molecule has 1 aromatic rings. The van der Waals surface area contributed by atoms with Crippen molar-refractivity contribution < 1.29 is 9.18 Å². The monoisotopic (exact) mass is 254 g/mol. The molecule has 1 aromatic carbocycles. The zero-order valence-electron chi connectivity index (χ0n) is 9.40. The second-order valence-corrected chi connectivity index (χ2v) is 4.82. The number of likely N-dealkylation sites (tertiary alicyclic amines) is 1. The third-order valence-corrected chi connectivity index (χ3v) is 3.36. The molecule has 1 fully saturated rings. The summed E-state index contributed by atoms with van der Waals surface area (Å²) in [5.41, 5.74) is 5.66. The normalized spacial score (nSPS) is 19.7. The van der Waals surface area contributed by atoms with Crippen molar-refractivity contribution in [2.45, 2.75) is 11.3 Å². The SMILES string of the molecule is NCC1CCN(C(=O)c2cc(S)ccc2F)C1. The van der Waals surface area contributed by atoms with E-state index in [2.05, 4.69) is 12.6 Å². The molecule has 0 aromatic heterocycles. The van der Waals surface area contributed by atoms with Crippen molar-refractivity contribution in [3.05, 3.63) is 29.6 Å². The molecular formula is C12H15FN2OS. The van der Waals surface area contributed by atoms with E-state index in [1.807, 2.05) is 0 Å². The number of benzene rings is 1. The van der Waals surface area contributed by atoms with Crippen LogP contribution in [0, 0.1) is 11.7 Å². The fraction of sp³-hybridized carbons (Fsp3) is 0.417. The van der Waals surface area contributed by atoms with Crippen LogP contribution in [-0.2, 0) is 0 Å². The molecule has 1 saturated heterocycles. The molecule has 0 radical (unpaired) electrons. The number of carbonyl (C=O) groups is 1. The Hall–Kier alpha value is -1.07. The van der Waals surface area contributed by atoms with E-state index >= 15 is 0 Å². The van der Waals surface area contributed by atoms with Crippen molar-refractivity contribution in [1.82, 2.24) is 4.90 Å². The minimum atomic E-state index is -0.496. The fourth-order valence-corrected chi connectivity index (χ4v) is 2.26. The van der Waals surface area contributed by atoms with Gasteiger partial charge in [-0.15, -0.1) is 12.6 Å². The molecule has 92 valence electrons. The van der Waals surface area contributed by atoms with E-state index in [0.29, 0.717) is 30.4 Å². The zero-order valence-corrected chi connectivity index (χ0v) is 10.3. The Morgan fingerprint density at radius 1 is 1.59 bits per heavy atom. The number of carbonyl (C=O) groups excluding carboxylic acids is 1. The number of rotatable bonds is 2. The maximum atomic E-state index is 13.5. The van der Waals surface area contributed by atoms with Gasteiger partial charge in [0.25, 0.3) is 5.91 Å². The van der Waals surface area contributed by atoms with Crippen molar-refractivity contribution in [2.24, 2.45) is 11.7 Å². The van der Waals surface area contributed by atoms with E-state index in [-0.39, 0.29) is 11.5 Å². The van der Waals surface area contributed by atoms with Gasteiger partial charge in [0.1, 0.15) is 5.82 Å². The number of nitrogens with two attached hydrogens (primary N) is 1. The van der Waals surface area contributed by atoms with Crippen molar-refractivity contribution in [3.63, 3.8) is 0 Å². The van der Waals surface area contributed by atoms with Crippen LogP contribution in [0.5, 0.6) is 0 Å². The number of thiol groups is 1. The molecule has 0 bridgehead atoms. The van der Waals surface area contributed by atoms with Crippen LogP contribution in [0.25, 0.3) is 0 Å². The Kier molecular flexibility index (Phi) is 3.69. The Bertz CT molecular complexity index is 439. The first-order chi connectivity index (χ1) is 8.11. The van der Waals surface area contributed by atoms with Gasteiger partial charge in [-0.1, -0.05) is 0 Å². The Morgan fingerprint density at radius 3 is 3.00 bits per heavy atom. The minimum Gasteiger partial charge on any atom is -0.338 e. The van der Waals surface area contributed by atoms with Crippen LogP contribution in [0.1, 0.15) is 16.8 Å². The Balaban J connectivity index is 2.17. The molecule has 5 heteroatoms. The lowest BCUT2D eigenvalue weighted by atomic mass is 10.1. The molecule has 2 rings (SSSR count). The molecule has 2 N–H and O–H groups in total. The lowest BCUT2D eigenvalue weighted by Crippen LogP contribution is -2.30. The molecule has 1 heterocycles. The van der Waals surface area contributed by atoms with Gasteiger partial charge < -0.3 is 10.6 Å². The van der Waals surface area contributed by atoms with E-state index in [4.69, 9.17) is 5.73 Å². The molecule has 1 unspecified atom stereocenters. The largest absolute Gasteiger partial charge is 0.338 e. The first-order valence-corrected chi connectivity index (χ1v) is 6.04. The summed E-state index contributed by atoms with van der Waals surface area (Å²) in [6.45, 7) is 1.83. The summed E-state index contributed by atoms with van der Waals surface area (Å²) in [5, 5.41) is 0. The van der Waals surface area contributed by atoms with Crippen molar-refractivity contribution in [3.8, 4) is 0 Å². The van der Waals surface area contributed by atoms with Crippen LogP contribution in [0.15, 0.2) is 23.1 Å². The van der Waals surface area contributed by atoms with Crippen molar-refractivity contribution >= 4 is 18.5 Å². The maximum Gasteiger partial charge on any atom is 0.256 e. The quantitative estimate of drug-likeness (QED) is 0.786. The summed E-state index contributed by atoms with van der Waals surface area (Å²) in [4.78, 5) is 14.3. The summed E-state index contributed by atoms with van der Waals surface area (Å²) in [6.07, 6.45) is 0.893. The summed E-state index contributed by atoms with van der Waals surface area (Å²) in [6, 6.07) is 4.27. The van der Waals surface area contributed by atoms with E-state index in [1.54, 1.807) is 4.90 Å². The number of hydrogen-bond acceptors (Lipinski definition) is 3. The smallest absolute Gasteiger partial charge is 0.256 e. The van der Waals surface area contributed by atoms with Crippen LogP contribution in [0.3, 0.4) is 0 Å². The number of hydrogen-bond donors (Lipinski definition) is 2. The Labute approximate surface area is 105 Å². The molecule has 0 saturated carbocycles. The number of halogens is 1. The van der Waals surface area contributed by atoms with Crippen LogP contribution in [-0.4, -0.2) is 30.4 Å². The molecule has 1 atom stereocenters. The fourth-order valence-electron chi connectivity index (χ4n) is 2.06. The molecule has 1 amide bonds. The average Bonchev–Trinajstić information content (AvgIpc) is 2.80. The second-order valence-electron chi connectivity index (χ2n) is 4.31. The van der Waals surface area contributed by atoms with Gasteiger partial charge >= 0.3 is 0 Å². The van der Waals surface area contributed by atoms with Gasteiger partial charge in [-0.25, -0.2) is 4.39 Å². The third kappa shape index (κ3) is 2.61. The highest BCUT2D eigenvalue weighted by Crippen LogP contribution is 2.20. The second kappa shape index (κ2) is 5.06. The predicted octanol–water partition coefficient (Wildman–Crippen LogP) is 1.54. The first kappa shape index (κ1) is 12.4. The number of nitrogens with zero attached hydrogens (tertiary/aromatic N) is 1. The molecule has 17 heavy (non-hydrogen) atoms. The summed E-state index contributed by atoms with van der Waals surface area (Å²) >= 11 is 4.12. The highest BCUT2D eigenvalue weighted by Gasteiger charge is 2.27. The zero-order chi connectivity index (χ0) is 12.4. The first-order valence-electron chi connectivity index (χ1n) is 5.59. The molecular weight excluding hydrogens is 239 g/mol. The van der Waals surface area contributed by atoms with Crippen molar-refractivity contribution in [2.75, 3.05) is 19.6 Å². The molecule has 1 aliphatic rings. The van der Waals surface area contributed by atoms with Gasteiger partial charge in [-0.2, -0.15) is 0 Å². The predicted molar refractivity (Wildman–Crippen MR) is 66.7 cm³/mol. The van der Waals surface area contributed by atoms with E-state index in [9.17, 15) is 9.18 Å². The average molecular weight is 254 g/mol. The topological polar surface area (TPSA) is 46.3 Å². The van der Waals surface area contributed by atoms with Crippen LogP contribution in [0.2, 0.25) is 0 Å².